The minimum Gasteiger partial charge on any atom is -0.481 e. The average Bonchev–Trinajstić information content (AvgIpc) is 2.79. The third kappa shape index (κ3) is 6.05. The zero-order chi connectivity index (χ0) is 16.5. The molecule has 126 valence electrons. The molecule has 0 bridgehead atoms. The summed E-state index contributed by atoms with van der Waals surface area (Å²) < 4.78 is 0. The Morgan fingerprint density at radius 3 is 2.82 bits per heavy atom. The van der Waals surface area contributed by atoms with Crippen molar-refractivity contribution in [2.45, 2.75) is 45.6 Å². The quantitative estimate of drug-likeness (QED) is 0.419. The van der Waals surface area contributed by atoms with Crippen LogP contribution in [0, 0.1) is 11.8 Å². The molecule has 0 unspecified atom stereocenters. The summed E-state index contributed by atoms with van der Waals surface area (Å²) in [6.45, 7) is 5.62. The molecule has 0 saturated heterocycles. The van der Waals surface area contributed by atoms with Gasteiger partial charge in [0.2, 0.25) is 0 Å². The van der Waals surface area contributed by atoms with E-state index < -0.39 is 11.9 Å². The molecule has 2 atom stereocenters. The van der Waals surface area contributed by atoms with Crippen molar-refractivity contribution in [3.63, 3.8) is 0 Å². The van der Waals surface area contributed by atoms with Crippen LogP contribution in [0.2, 0.25) is 0 Å². The van der Waals surface area contributed by atoms with E-state index in [0.29, 0.717) is 31.4 Å². The summed E-state index contributed by atoms with van der Waals surface area (Å²) in [5.74, 6) is -0.410. The smallest absolute Gasteiger partial charge is 0.308 e. The maximum absolute atomic E-state index is 11.5. The van der Waals surface area contributed by atoms with Crippen LogP contribution < -0.4 is 5.73 Å². The average molecular weight is 311 g/mol. The first kappa shape index (κ1) is 18.5. The number of aliphatic hydroxyl groups is 1. The predicted octanol–water partition coefficient (Wildman–Crippen LogP) is 1.45. The molecule has 22 heavy (non-hydrogen) atoms. The van der Waals surface area contributed by atoms with Crippen LogP contribution in [0.1, 0.15) is 39.5 Å². The van der Waals surface area contributed by atoms with Gasteiger partial charge in [-0.2, -0.15) is 0 Å². The summed E-state index contributed by atoms with van der Waals surface area (Å²) in [4.78, 5) is 17.8. The van der Waals surface area contributed by atoms with Crippen LogP contribution in [0.5, 0.6) is 0 Å². The van der Waals surface area contributed by atoms with E-state index in [9.17, 15) is 9.90 Å². The molecule has 6 heteroatoms. The number of aliphatic carboxylic acids is 1. The number of guanidine groups is 1. The molecule has 0 aromatic rings. The van der Waals surface area contributed by atoms with Crippen LogP contribution in [-0.2, 0) is 4.79 Å². The number of nitrogens with zero attached hydrogens (tertiary/aromatic N) is 2. The Kier molecular flexibility index (Phi) is 7.95. The van der Waals surface area contributed by atoms with Gasteiger partial charge in [-0.05, 0) is 31.6 Å². The van der Waals surface area contributed by atoms with Crippen molar-refractivity contribution in [1.82, 2.24) is 4.90 Å². The van der Waals surface area contributed by atoms with Gasteiger partial charge in [0.05, 0.1) is 12.0 Å². The number of rotatable bonds is 10. The number of hydrogen-bond acceptors (Lipinski definition) is 5. The van der Waals surface area contributed by atoms with Gasteiger partial charge in [0.15, 0.2) is 5.96 Å². The number of carboxylic acids is 1. The van der Waals surface area contributed by atoms with Gasteiger partial charge >= 0.3 is 5.97 Å². The summed E-state index contributed by atoms with van der Waals surface area (Å²) in [6.07, 6.45) is 7.00. The summed E-state index contributed by atoms with van der Waals surface area (Å²) in [6, 6.07) is -0.279. The Labute approximate surface area is 132 Å². The highest BCUT2D eigenvalue weighted by atomic mass is 16.4. The van der Waals surface area contributed by atoms with Gasteiger partial charge < -0.3 is 20.8 Å². The maximum Gasteiger partial charge on any atom is 0.308 e. The molecule has 0 amide bonds. The van der Waals surface area contributed by atoms with Crippen molar-refractivity contribution >= 4 is 11.9 Å². The van der Waals surface area contributed by atoms with Gasteiger partial charge in [-0.1, -0.05) is 26.0 Å². The van der Waals surface area contributed by atoms with Gasteiger partial charge in [0.25, 0.3) is 0 Å². The highest BCUT2D eigenvalue weighted by molar-refractivity contribution is 5.81. The minimum atomic E-state index is -0.809. The van der Waals surface area contributed by atoms with Crippen molar-refractivity contribution in [3.8, 4) is 0 Å². The molecular weight excluding hydrogens is 282 g/mol. The lowest BCUT2D eigenvalue weighted by atomic mass is 9.94. The van der Waals surface area contributed by atoms with Crippen LogP contribution in [-0.4, -0.2) is 52.8 Å². The van der Waals surface area contributed by atoms with Gasteiger partial charge in [0, 0.05) is 19.7 Å². The lowest BCUT2D eigenvalue weighted by Crippen LogP contribution is -2.37. The SMILES string of the molecule is CC(C)/C=C/CC[C@@H](C(=O)O)[C@@H]1CN(CCCCO)C(N)=N1. The molecule has 1 rings (SSSR count). The second-order valence-corrected chi connectivity index (χ2v) is 6.13. The van der Waals surface area contributed by atoms with Crippen molar-refractivity contribution in [2.24, 2.45) is 22.6 Å². The Balaban J connectivity index is 2.53. The van der Waals surface area contributed by atoms with Crippen LogP contribution in [0.25, 0.3) is 0 Å². The number of unbranched alkanes of at least 4 members (excludes halogenated alkanes) is 1. The second-order valence-electron chi connectivity index (χ2n) is 6.13. The standard InChI is InChI=1S/C16H29N3O3/c1-12(2)7-3-4-8-13(15(21)22)14-11-19(16(17)18-14)9-5-6-10-20/h3,7,12-14,20H,4-6,8-11H2,1-2H3,(H2,17,18)(H,21,22)/b7-3+/t13-,14+/m1/s1. The topological polar surface area (TPSA) is 99.1 Å². The summed E-state index contributed by atoms with van der Waals surface area (Å²) in [5.41, 5.74) is 5.89. The number of carboxylic acid groups (broad SMARTS) is 1. The number of nitrogens with two attached hydrogens (primary N) is 1. The number of allylic oxidation sites excluding steroid dienone is 2. The van der Waals surface area contributed by atoms with Gasteiger partial charge in [0.1, 0.15) is 0 Å². The summed E-state index contributed by atoms with van der Waals surface area (Å²) in [5, 5.41) is 18.3. The first-order valence-electron chi connectivity index (χ1n) is 8.04. The van der Waals surface area contributed by atoms with Crippen LogP contribution in [0.4, 0.5) is 0 Å². The molecule has 0 fully saturated rings. The van der Waals surface area contributed by atoms with Crippen molar-refractivity contribution in [1.29, 1.82) is 0 Å². The Bertz CT molecular complexity index is 407. The minimum absolute atomic E-state index is 0.161. The lowest BCUT2D eigenvalue weighted by molar-refractivity contribution is -0.142. The number of aliphatic imine (C=N–C) groups is 1. The molecule has 4 N–H and O–H groups in total. The Morgan fingerprint density at radius 2 is 2.23 bits per heavy atom. The molecule has 0 aromatic heterocycles. The van der Waals surface area contributed by atoms with E-state index in [1.807, 2.05) is 11.0 Å². The first-order valence-corrected chi connectivity index (χ1v) is 8.04. The highest BCUT2D eigenvalue weighted by Crippen LogP contribution is 2.21. The van der Waals surface area contributed by atoms with Crippen molar-refractivity contribution in [3.05, 3.63) is 12.2 Å². The van der Waals surface area contributed by atoms with Crippen LogP contribution >= 0.6 is 0 Å². The molecular formula is C16H29N3O3. The van der Waals surface area contributed by atoms with E-state index >= 15 is 0 Å². The second kappa shape index (κ2) is 9.46. The van der Waals surface area contributed by atoms with Crippen LogP contribution in [0.3, 0.4) is 0 Å². The molecule has 6 nitrogen and oxygen atoms in total. The molecule has 1 aliphatic rings. The van der Waals surface area contributed by atoms with Crippen LogP contribution in [0.15, 0.2) is 17.1 Å². The Morgan fingerprint density at radius 1 is 1.50 bits per heavy atom. The first-order chi connectivity index (χ1) is 10.5. The third-order valence-electron chi connectivity index (χ3n) is 3.81. The Hall–Kier alpha value is -1.56. The van der Waals surface area contributed by atoms with Gasteiger partial charge in [-0.15, -0.1) is 0 Å². The molecule has 1 heterocycles. The van der Waals surface area contributed by atoms with E-state index in [2.05, 4.69) is 24.9 Å². The zero-order valence-corrected chi connectivity index (χ0v) is 13.6. The fraction of sp³-hybridized carbons (Fsp3) is 0.750. The molecule has 0 saturated carbocycles. The molecule has 1 aliphatic heterocycles. The third-order valence-corrected chi connectivity index (χ3v) is 3.81. The highest BCUT2D eigenvalue weighted by Gasteiger charge is 2.33. The molecule has 0 radical (unpaired) electrons. The van der Waals surface area contributed by atoms with Gasteiger partial charge in [-0.25, -0.2) is 4.99 Å². The zero-order valence-electron chi connectivity index (χ0n) is 13.6. The fourth-order valence-electron chi connectivity index (χ4n) is 2.57. The molecule has 0 aliphatic carbocycles. The monoisotopic (exact) mass is 311 g/mol. The molecule has 0 aromatic carbocycles. The fourth-order valence-corrected chi connectivity index (χ4v) is 2.57. The predicted molar refractivity (Wildman–Crippen MR) is 87.6 cm³/mol. The largest absolute Gasteiger partial charge is 0.481 e. The van der Waals surface area contributed by atoms with E-state index in [1.54, 1.807) is 0 Å². The molecule has 0 spiro atoms. The van der Waals surface area contributed by atoms with E-state index in [-0.39, 0.29) is 12.6 Å². The van der Waals surface area contributed by atoms with Crippen molar-refractivity contribution < 1.29 is 15.0 Å². The summed E-state index contributed by atoms with van der Waals surface area (Å²) >= 11 is 0. The van der Waals surface area contributed by atoms with Gasteiger partial charge in [-0.3, -0.25) is 4.79 Å². The normalized spacial score (nSPS) is 19.9. The van der Waals surface area contributed by atoms with E-state index in [0.717, 1.165) is 19.3 Å². The van der Waals surface area contributed by atoms with Crippen molar-refractivity contribution in [2.75, 3.05) is 19.7 Å². The lowest BCUT2D eigenvalue weighted by Gasteiger charge is -2.20. The van der Waals surface area contributed by atoms with E-state index in [1.165, 1.54) is 0 Å². The number of aliphatic hydroxyl groups excluding tert-OH is 1. The van der Waals surface area contributed by atoms with E-state index in [4.69, 9.17) is 10.8 Å². The summed E-state index contributed by atoms with van der Waals surface area (Å²) in [7, 11) is 0. The maximum atomic E-state index is 11.5. The number of carbonyl (C=O) groups is 1. The number of hydrogen-bond donors (Lipinski definition) is 3.